The molecule has 0 saturated heterocycles. The molecule has 0 fully saturated rings. The summed E-state index contributed by atoms with van der Waals surface area (Å²) in [7, 11) is 4.76. The molecular formula is C29H38N4O5. The number of methoxy groups -OCH3 is 3. The third kappa shape index (κ3) is 7.58. The summed E-state index contributed by atoms with van der Waals surface area (Å²) in [6, 6.07) is 16.4. The molecule has 2 amide bonds. The molecule has 0 bridgehead atoms. The maximum Gasteiger partial charge on any atom is 0.272 e. The molecule has 1 aromatic heterocycles. The zero-order valence-electron chi connectivity index (χ0n) is 22.8. The van der Waals surface area contributed by atoms with Crippen molar-refractivity contribution in [3.05, 3.63) is 65.9 Å². The SMILES string of the molecule is COCCNC(=O)[C@H](CCc1ccccc1)NC(=O)c1cc(-c2c(OC)cccc2OC)n(CC(C)C)n1. The van der Waals surface area contributed by atoms with Gasteiger partial charge in [-0.05, 0) is 42.5 Å². The van der Waals surface area contributed by atoms with Gasteiger partial charge >= 0.3 is 0 Å². The summed E-state index contributed by atoms with van der Waals surface area (Å²) in [6.45, 7) is 5.48. The van der Waals surface area contributed by atoms with Crippen LogP contribution in [0.2, 0.25) is 0 Å². The quantitative estimate of drug-likeness (QED) is 0.313. The number of nitrogens with zero attached hydrogens (tertiary/aromatic N) is 2. The Labute approximate surface area is 224 Å². The van der Waals surface area contributed by atoms with Gasteiger partial charge in [0.05, 0.1) is 32.1 Å². The molecule has 0 unspecified atom stereocenters. The Morgan fingerprint density at radius 3 is 2.26 bits per heavy atom. The van der Waals surface area contributed by atoms with E-state index in [1.807, 2.05) is 48.5 Å². The Balaban J connectivity index is 1.90. The minimum Gasteiger partial charge on any atom is -0.496 e. The van der Waals surface area contributed by atoms with Crippen LogP contribution in [-0.4, -0.2) is 62.1 Å². The zero-order chi connectivity index (χ0) is 27.5. The Bertz CT molecular complexity index is 1170. The fraction of sp³-hybridized carbons (Fsp3) is 0.414. The predicted molar refractivity (Wildman–Crippen MR) is 147 cm³/mol. The molecule has 0 saturated carbocycles. The molecular weight excluding hydrogens is 484 g/mol. The zero-order valence-corrected chi connectivity index (χ0v) is 22.8. The normalized spacial score (nSPS) is 11.7. The number of carbonyl (C=O) groups is 2. The van der Waals surface area contributed by atoms with Gasteiger partial charge in [0.2, 0.25) is 5.91 Å². The van der Waals surface area contributed by atoms with Gasteiger partial charge in [-0.1, -0.05) is 50.2 Å². The van der Waals surface area contributed by atoms with E-state index in [1.54, 1.807) is 32.1 Å². The summed E-state index contributed by atoms with van der Waals surface area (Å²) in [4.78, 5) is 26.4. The van der Waals surface area contributed by atoms with E-state index in [2.05, 4.69) is 29.6 Å². The number of nitrogens with one attached hydrogen (secondary N) is 2. The summed E-state index contributed by atoms with van der Waals surface area (Å²) in [6.07, 6.45) is 1.07. The van der Waals surface area contributed by atoms with Crippen LogP contribution in [0.3, 0.4) is 0 Å². The second kappa shape index (κ2) is 14.2. The summed E-state index contributed by atoms with van der Waals surface area (Å²) in [5.41, 5.74) is 2.71. The summed E-state index contributed by atoms with van der Waals surface area (Å²) >= 11 is 0. The largest absolute Gasteiger partial charge is 0.496 e. The van der Waals surface area contributed by atoms with E-state index < -0.39 is 11.9 Å². The Morgan fingerprint density at radius 1 is 0.974 bits per heavy atom. The van der Waals surface area contributed by atoms with Crippen molar-refractivity contribution in [2.24, 2.45) is 5.92 Å². The van der Waals surface area contributed by atoms with Crippen LogP contribution in [0.15, 0.2) is 54.6 Å². The standard InChI is InChI=1S/C29H38N4O5/c1-20(2)19-33-24(27-25(37-4)12-9-13-26(27)38-5)18-23(32-33)29(35)31-22(28(34)30-16-17-36-3)15-14-21-10-7-6-8-11-21/h6-13,18,20,22H,14-17,19H2,1-5H3,(H,30,34)(H,31,35)/t22-/m0/s1. The molecule has 9 nitrogen and oxygen atoms in total. The van der Waals surface area contributed by atoms with E-state index in [-0.39, 0.29) is 17.5 Å². The van der Waals surface area contributed by atoms with Gasteiger partial charge < -0.3 is 24.8 Å². The van der Waals surface area contributed by atoms with Crippen molar-refractivity contribution in [2.45, 2.75) is 39.3 Å². The van der Waals surface area contributed by atoms with Crippen molar-refractivity contribution < 1.29 is 23.8 Å². The highest BCUT2D eigenvalue weighted by atomic mass is 16.5. The van der Waals surface area contributed by atoms with Crippen molar-refractivity contribution in [3.8, 4) is 22.8 Å². The van der Waals surface area contributed by atoms with E-state index in [1.165, 1.54) is 0 Å². The van der Waals surface area contributed by atoms with Crippen LogP contribution >= 0.6 is 0 Å². The molecule has 3 aromatic rings. The van der Waals surface area contributed by atoms with E-state index in [4.69, 9.17) is 14.2 Å². The molecule has 2 aromatic carbocycles. The van der Waals surface area contributed by atoms with Gasteiger partial charge in [-0.25, -0.2) is 0 Å². The number of aromatic nitrogens is 2. The number of benzene rings is 2. The number of ether oxygens (including phenoxy) is 3. The highest BCUT2D eigenvalue weighted by molar-refractivity contribution is 5.97. The van der Waals surface area contributed by atoms with Crippen LogP contribution in [0.1, 0.15) is 36.3 Å². The number of rotatable bonds is 14. The van der Waals surface area contributed by atoms with Crippen LogP contribution < -0.4 is 20.1 Å². The lowest BCUT2D eigenvalue weighted by atomic mass is 10.0. The molecule has 0 aliphatic rings. The fourth-order valence-corrected chi connectivity index (χ4v) is 4.17. The van der Waals surface area contributed by atoms with Gasteiger partial charge in [0.15, 0.2) is 5.69 Å². The van der Waals surface area contributed by atoms with Crippen LogP contribution in [-0.2, 0) is 22.5 Å². The number of hydrogen-bond acceptors (Lipinski definition) is 6. The molecule has 204 valence electrons. The lowest BCUT2D eigenvalue weighted by Crippen LogP contribution is -2.47. The smallest absolute Gasteiger partial charge is 0.272 e. The van der Waals surface area contributed by atoms with Crippen molar-refractivity contribution in [1.29, 1.82) is 0 Å². The number of hydrogen-bond donors (Lipinski definition) is 2. The van der Waals surface area contributed by atoms with Gasteiger partial charge in [0, 0.05) is 20.2 Å². The van der Waals surface area contributed by atoms with Crippen molar-refractivity contribution in [2.75, 3.05) is 34.5 Å². The van der Waals surface area contributed by atoms with Gasteiger partial charge in [-0.3, -0.25) is 14.3 Å². The minimum atomic E-state index is -0.737. The fourth-order valence-electron chi connectivity index (χ4n) is 4.17. The monoisotopic (exact) mass is 522 g/mol. The third-order valence-electron chi connectivity index (χ3n) is 6.03. The summed E-state index contributed by atoms with van der Waals surface area (Å²) < 4.78 is 18.0. The Hall–Kier alpha value is -3.85. The molecule has 2 N–H and O–H groups in total. The maximum absolute atomic E-state index is 13.4. The number of aryl methyl sites for hydroxylation is 1. The molecule has 0 radical (unpaired) electrons. The van der Waals surface area contributed by atoms with Crippen molar-refractivity contribution in [1.82, 2.24) is 20.4 Å². The number of amides is 2. The van der Waals surface area contributed by atoms with Gasteiger partial charge in [0.25, 0.3) is 5.91 Å². The Kier molecular flexibility index (Phi) is 10.7. The molecule has 3 rings (SSSR count). The average molecular weight is 523 g/mol. The van der Waals surface area contributed by atoms with Gasteiger partial charge in [-0.15, -0.1) is 0 Å². The lowest BCUT2D eigenvalue weighted by Gasteiger charge is -2.18. The van der Waals surface area contributed by atoms with E-state index in [9.17, 15) is 9.59 Å². The molecule has 1 atom stereocenters. The first-order valence-electron chi connectivity index (χ1n) is 12.8. The average Bonchev–Trinajstić information content (AvgIpc) is 3.33. The molecule has 1 heterocycles. The van der Waals surface area contributed by atoms with Crippen LogP contribution in [0.4, 0.5) is 0 Å². The topological polar surface area (TPSA) is 104 Å². The van der Waals surface area contributed by atoms with Crippen LogP contribution in [0, 0.1) is 5.92 Å². The van der Waals surface area contributed by atoms with Gasteiger partial charge in [0.1, 0.15) is 17.5 Å². The van der Waals surface area contributed by atoms with E-state index in [0.29, 0.717) is 55.3 Å². The summed E-state index contributed by atoms with van der Waals surface area (Å²) in [5, 5.41) is 10.4. The maximum atomic E-state index is 13.4. The highest BCUT2D eigenvalue weighted by Crippen LogP contribution is 2.38. The molecule has 0 spiro atoms. The first-order valence-corrected chi connectivity index (χ1v) is 12.8. The second-order valence-corrected chi connectivity index (χ2v) is 9.36. The Morgan fingerprint density at radius 2 is 1.66 bits per heavy atom. The van der Waals surface area contributed by atoms with Crippen LogP contribution in [0.25, 0.3) is 11.3 Å². The van der Waals surface area contributed by atoms with Crippen molar-refractivity contribution in [3.63, 3.8) is 0 Å². The molecule has 0 aliphatic heterocycles. The van der Waals surface area contributed by atoms with E-state index in [0.717, 1.165) is 5.56 Å². The first-order chi connectivity index (χ1) is 18.4. The lowest BCUT2D eigenvalue weighted by molar-refractivity contribution is -0.123. The third-order valence-corrected chi connectivity index (χ3v) is 6.03. The highest BCUT2D eigenvalue weighted by Gasteiger charge is 2.25. The van der Waals surface area contributed by atoms with Gasteiger partial charge in [-0.2, -0.15) is 5.10 Å². The van der Waals surface area contributed by atoms with Crippen molar-refractivity contribution >= 4 is 11.8 Å². The molecule has 9 heteroatoms. The first kappa shape index (κ1) is 28.7. The summed E-state index contributed by atoms with van der Waals surface area (Å²) in [5.74, 6) is 0.802. The molecule has 0 aliphatic carbocycles. The number of carbonyl (C=O) groups excluding carboxylic acids is 2. The van der Waals surface area contributed by atoms with E-state index >= 15 is 0 Å². The minimum absolute atomic E-state index is 0.211. The molecule has 38 heavy (non-hydrogen) atoms. The van der Waals surface area contributed by atoms with Crippen LogP contribution in [0.5, 0.6) is 11.5 Å². The second-order valence-electron chi connectivity index (χ2n) is 9.36. The predicted octanol–water partition coefficient (Wildman–Crippen LogP) is 3.72.